The Morgan fingerprint density at radius 1 is 1.56 bits per heavy atom. The van der Waals surface area contributed by atoms with Gasteiger partial charge in [0.1, 0.15) is 0 Å². The van der Waals surface area contributed by atoms with Gasteiger partial charge in [-0.05, 0) is 29.9 Å². The highest BCUT2D eigenvalue weighted by Gasteiger charge is 2.14. The summed E-state index contributed by atoms with van der Waals surface area (Å²) in [5.74, 6) is 3.19. The van der Waals surface area contributed by atoms with E-state index in [1.54, 1.807) is 19.2 Å². The van der Waals surface area contributed by atoms with Crippen LogP contribution in [0.15, 0.2) is 18.2 Å². The van der Waals surface area contributed by atoms with Crippen molar-refractivity contribution in [3.05, 3.63) is 23.8 Å². The molecule has 1 aliphatic rings. The Labute approximate surface area is 100 Å². The number of phenolic OH excluding ortho intramolecular Hbond substituents is 1. The fraction of sp³-hybridized carbons (Fsp3) is 0.500. The van der Waals surface area contributed by atoms with Gasteiger partial charge in [0.25, 0.3) is 0 Å². The molecule has 1 aromatic carbocycles. The predicted molar refractivity (Wildman–Crippen MR) is 67.2 cm³/mol. The first-order chi connectivity index (χ1) is 7.79. The van der Waals surface area contributed by atoms with Crippen LogP contribution in [-0.2, 0) is 6.54 Å². The number of nitrogens with one attached hydrogen (secondary N) is 1. The largest absolute Gasteiger partial charge is 0.504 e. The maximum Gasteiger partial charge on any atom is 0.160 e. The second kappa shape index (κ2) is 5.46. The summed E-state index contributed by atoms with van der Waals surface area (Å²) in [5, 5.41) is 13.1. The molecule has 1 fully saturated rings. The number of methoxy groups -OCH3 is 1. The number of aromatic hydroxyl groups is 1. The van der Waals surface area contributed by atoms with E-state index in [1.165, 1.54) is 17.9 Å². The third kappa shape index (κ3) is 2.83. The average molecular weight is 239 g/mol. The summed E-state index contributed by atoms with van der Waals surface area (Å²) in [6.45, 7) is 0.808. The molecule has 88 valence electrons. The molecular formula is C12H17NO2S. The van der Waals surface area contributed by atoms with Gasteiger partial charge in [-0.15, -0.1) is 0 Å². The van der Waals surface area contributed by atoms with Crippen molar-refractivity contribution in [2.24, 2.45) is 0 Å². The van der Waals surface area contributed by atoms with Crippen molar-refractivity contribution in [1.29, 1.82) is 0 Å². The summed E-state index contributed by atoms with van der Waals surface area (Å²) in [7, 11) is 1.56. The lowest BCUT2D eigenvalue weighted by Gasteiger charge is -2.12. The molecule has 0 bridgehead atoms. The number of benzene rings is 1. The highest BCUT2D eigenvalue weighted by molar-refractivity contribution is 7.99. The SMILES string of the molecule is COc1ccc(CNC2CCSC2)cc1O. The lowest BCUT2D eigenvalue weighted by molar-refractivity contribution is 0.373. The van der Waals surface area contributed by atoms with Crippen LogP contribution in [0.3, 0.4) is 0 Å². The van der Waals surface area contributed by atoms with E-state index in [4.69, 9.17) is 4.74 Å². The molecule has 0 amide bonds. The monoisotopic (exact) mass is 239 g/mol. The number of phenols is 1. The van der Waals surface area contributed by atoms with E-state index in [2.05, 4.69) is 5.32 Å². The molecule has 16 heavy (non-hydrogen) atoms. The van der Waals surface area contributed by atoms with Crippen LogP contribution in [0.1, 0.15) is 12.0 Å². The van der Waals surface area contributed by atoms with Crippen molar-refractivity contribution >= 4 is 11.8 Å². The molecule has 2 N–H and O–H groups in total. The van der Waals surface area contributed by atoms with E-state index >= 15 is 0 Å². The molecule has 0 saturated carbocycles. The lowest BCUT2D eigenvalue weighted by Crippen LogP contribution is -2.27. The van der Waals surface area contributed by atoms with Crippen LogP contribution in [0.2, 0.25) is 0 Å². The summed E-state index contributed by atoms with van der Waals surface area (Å²) in [6.07, 6.45) is 1.24. The van der Waals surface area contributed by atoms with E-state index in [0.29, 0.717) is 11.8 Å². The highest BCUT2D eigenvalue weighted by Crippen LogP contribution is 2.26. The topological polar surface area (TPSA) is 41.5 Å². The molecular weight excluding hydrogens is 222 g/mol. The quantitative estimate of drug-likeness (QED) is 0.843. The fourth-order valence-corrected chi connectivity index (χ4v) is 2.99. The lowest BCUT2D eigenvalue weighted by atomic mass is 10.2. The molecule has 0 spiro atoms. The Bertz CT molecular complexity index is 351. The van der Waals surface area contributed by atoms with Crippen LogP contribution < -0.4 is 10.1 Å². The summed E-state index contributed by atoms with van der Waals surface area (Å²) < 4.78 is 5.00. The zero-order chi connectivity index (χ0) is 11.4. The standard InChI is InChI=1S/C12H17NO2S/c1-15-12-3-2-9(6-11(12)14)7-13-10-4-5-16-8-10/h2-3,6,10,13-14H,4-5,7-8H2,1H3. The zero-order valence-electron chi connectivity index (χ0n) is 9.40. The molecule has 1 aliphatic heterocycles. The van der Waals surface area contributed by atoms with Crippen LogP contribution in [0.25, 0.3) is 0 Å². The fourth-order valence-electron chi connectivity index (χ4n) is 1.80. The molecule has 3 nitrogen and oxygen atoms in total. The second-order valence-electron chi connectivity index (χ2n) is 3.95. The van der Waals surface area contributed by atoms with Crippen molar-refractivity contribution in [3.8, 4) is 11.5 Å². The number of ether oxygens (including phenoxy) is 1. The Morgan fingerprint density at radius 2 is 2.44 bits per heavy atom. The van der Waals surface area contributed by atoms with Crippen LogP contribution in [-0.4, -0.2) is 29.8 Å². The molecule has 2 rings (SSSR count). The molecule has 1 unspecified atom stereocenters. The summed E-state index contributed by atoms with van der Waals surface area (Å²) >= 11 is 1.99. The van der Waals surface area contributed by atoms with Gasteiger partial charge in [0, 0.05) is 18.3 Å². The third-order valence-corrected chi connectivity index (χ3v) is 3.93. The van der Waals surface area contributed by atoms with Crippen LogP contribution in [0.4, 0.5) is 0 Å². The van der Waals surface area contributed by atoms with Gasteiger partial charge in [-0.3, -0.25) is 0 Å². The number of thioether (sulfide) groups is 1. The van der Waals surface area contributed by atoms with E-state index < -0.39 is 0 Å². The molecule has 1 aromatic rings. The third-order valence-electron chi connectivity index (χ3n) is 2.77. The van der Waals surface area contributed by atoms with E-state index in [0.717, 1.165) is 12.1 Å². The molecule has 1 atom stereocenters. The van der Waals surface area contributed by atoms with Crippen LogP contribution in [0, 0.1) is 0 Å². The summed E-state index contributed by atoms with van der Waals surface area (Å²) in [6, 6.07) is 6.16. The number of hydrogen-bond donors (Lipinski definition) is 2. The van der Waals surface area contributed by atoms with E-state index in [1.807, 2.05) is 17.8 Å². The minimum Gasteiger partial charge on any atom is -0.504 e. The minimum absolute atomic E-state index is 0.211. The number of rotatable bonds is 4. The minimum atomic E-state index is 0.211. The van der Waals surface area contributed by atoms with Gasteiger partial charge in [-0.25, -0.2) is 0 Å². The maximum atomic E-state index is 9.63. The van der Waals surface area contributed by atoms with Crippen molar-refractivity contribution < 1.29 is 9.84 Å². The first-order valence-corrected chi connectivity index (χ1v) is 6.62. The summed E-state index contributed by atoms with van der Waals surface area (Å²) in [5.41, 5.74) is 1.09. The van der Waals surface area contributed by atoms with Crippen LogP contribution in [0.5, 0.6) is 11.5 Å². The first kappa shape index (κ1) is 11.6. The Kier molecular flexibility index (Phi) is 3.96. The number of hydrogen-bond acceptors (Lipinski definition) is 4. The van der Waals surface area contributed by atoms with Gasteiger partial charge in [0.2, 0.25) is 0 Å². The van der Waals surface area contributed by atoms with Gasteiger partial charge in [-0.1, -0.05) is 6.07 Å². The van der Waals surface area contributed by atoms with Crippen molar-refractivity contribution in [3.63, 3.8) is 0 Å². The van der Waals surface area contributed by atoms with Crippen molar-refractivity contribution in [2.45, 2.75) is 19.0 Å². The average Bonchev–Trinajstić information content (AvgIpc) is 2.79. The van der Waals surface area contributed by atoms with Crippen LogP contribution >= 0.6 is 11.8 Å². The molecule has 0 aromatic heterocycles. The van der Waals surface area contributed by atoms with E-state index in [9.17, 15) is 5.11 Å². The smallest absolute Gasteiger partial charge is 0.160 e. The normalized spacial score (nSPS) is 19.9. The summed E-state index contributed by atoms with van der Waals surface area (Å²) in [4.78, 5) is 0. The molecule has 0 aliphatic carbocycles. The highest BCUT2D eigenvalue weighted by atomic mass is 32.2. The van der Waals surface area contributed by atoms with Gasteiger partial charge in [-0.2, -0.15) is 11.8 Å². The molecule has 1 heterocycles. The first-order valence-electron chi connectivity index (χ1n) is 5.46. The Balaban J connectivity index is 1.91. The predicted octanol–water partition coefficient (Wildman–Crippen LogP) is 2.00. The van der Waals surface area contributed by atoms with Gasteiger partial charge >= 0.3 is 0 Å². The Morgan fingerprint density at radius 3 is 3.06 bits per heavy atom. The molecule has 0 radical (unpaired) electrons. The van der Waals surface area contributed by atoms with Crippen molar-refractivity contribution in [2.75, 3.05) is 18.6 Å². The maximum absolute atomic E-state index is 9.63. The Hall–Kier alpha value is -0.870. The van der Waals surface area contributed by atoms with Crippen molar-refractivity contribution in [1.82, 2.24) is 5.32 Å². The molecule has 4 heteroatoms. The molecule has 1 saturated heterocycles. The second-order valence-corrected chi connectivity index (χ2v) is 5.10. The van der Waals surface area contributed by atoms with E-state index in [-0.39, 0.29) is 5.75 Å². The van der Waals surface area contributed by atoms with Gasteiger partial charge < -0.3 is 15.2 Å². The zero-order valence-corrected chi connectivity index (χ0v) is 10.2. The van der Waals surface area contributed by atoms with Gasteiger partial charge in [0.15, 0.2) is 11.5 Å². The van der Waals surface area contributed by atoms with Gasteiger partial charge in [0.05, 0.1) is 7.11 Å².